The summed E-state index contributed by atoms with van der Waals surface area (Å²) in [6.45, 7) is 9.23. The highest BCUT2D eigenvalue weighted by molar-refractivity contribution is 9.11. The van der Waals surface area contributed by atoms with E-state index in [0.717, 1.165) is 44.8 Å². The van der Waals surface area contributed by atoms with Crippen molar-refractivity contribution in [1.29, 1.82) is 0 Å². The van der Waals surface area contributed by atoms with Gasteiger partial charge in [0.1, 0.15) is 11.0 Å². The van der Waals surface area contributed by atoms with Crippen molar-refractivity contribution in [2.75, 3.05) is 0 Å². The van der Waals surface area contributed by atoms with Crippen LogP contribution in [-0.2, 0) is 12.8 Å². The number of halogens is 4. The lowest BCUT2D eigenvalue weighted by Gasteiger charge is -2.17. The number of nitrogens with zero attached hydrogens (tertiary/aromatic N) is 2. The van der Waals surface area contributed by atoms with Crippen LogP contribution in [0.15, 0.2) is 19.7 Å². The summed E-state index contributed by atoms with van der Waals surface area (Å²) in [5.74, 6) is 1.41. The van der Waals surface area contributed by atoms with E-state index < -0.39 is 0 Å². The van der Waals surface area contributed by atoms with Gasteiger partial charge in [-0.1, -0.05) is 256 Å². The van der Waals surface area contributed by atoms with Crippen LogP contribution in [0.5, 0.6) is 0 Å². The molecule has 2 nitrogen and oxygen atoms in total. The van der Waals surface area contributed by atoms with Crippen LogP contribution in [0, 0.1) is 11.8 Å². The third-order valence-corrected chi connectivity index (χ3v) is 18.8. The van der Waals surface area contributed by atoms with Crippen LogP contribution >= 0.6 is 89.5 Å². The van der Waals surface area contributed by atoms with E-state index >= 15 is 0 Å². The molecular formula is C54H84Br2Cl2N2S3. The van der Waals surface area contributed by atoms with E-state index in [1.165, 1.54) is 236 Å². The van der Waals surface area contributed by atoms with Crippen molar-refractivity contribution in [3.63, 3.8) is 0 Å². The maximum absolute atomic E-state index is 7.39. The zero-order valence-corrected chi connectivity index (χ0v) is 47.1. The zero-order valence-electron chi connectivity index (χ0n) is 40.0. The predicted molar refractivity (Wildman–Crippen MR) is 294 cm³/mol. The van der Waals surface area contributed by atoms with E-state index in [1.54, 1.807) is 22.7 Å². The lowest BCUT2D eigenvalue weighted by atomic mass is 9.89. The molecule has 1 aromatic carbocycles. The smallest absolute Gasteiger partial charge is 0.115 e. The lowest BCUT2D eigenvalue weighted by molar-refractivity contribution is 0.400. The Bertz CT molecular complexity index is 1670. The zero-order chi connectivity index (χ0) is 45.1. The molecule has 0 N–H and O–H groups in total. The summed E-state index contributed by atoms with van der Waals surface area (Å²) in [7, 11) is 0. The van der Waals surface area contributed by atoms with E-state index in [4.69, 9.17) is 31.9 Å². The third-order valence-electron chi connectivity index (χ3n) is 13.5. The molecule has 0 aliphatic heterocycles. The number of unbranched alkanes of at least 4 members (excludes halogenated alkanes) is 24. The van der Waals surface area contributed by atoms with Crippen LogP contribution in [-0.4, -0.2) is 8.75 Å². The minimum atomic E-state index is 0.594. The van der Waals surface area contributed by atoms with Crippen molar-refractivity contribution >= 4 is 100 Å². The van der Waals surface area contributed by atoms with E-state index in [9.17, 15) is 0 Å². The van der Waals surface area contributed by atoms with Crippen LogP contribution < -0.4 is 0 Å². The van der Waals surface area contributed by atoms with Gasteiger partial charge < -0.3 is 0 Å². The number of aromatic nitrogens is 2. The second-order valence-electron chi connectivity index (χ2n) is 18.9. The molecule has 3 aromatic heterocycles. The Morgan fingerprint density at radius 1 is 0.429 bits per heavy atom. The Kier molecular flexibility index (Phi) is 29.5. The number of hydrogen-bond donors (Lipinski definition) is 0. The van der Waals surface area contributed by atoms with Gasteiger partial charge in [0.25, 0.3) is 0 Å². The molecule has 0 saturated heterocycles. The van der Waals surface area contributed by atoms with Crippen molar-refractivity contribution < 1.29 is 0 Å². The van der Waals surface area contributed by atoms with Gasteiger partial charge in [-0.05, 0) is 79.8 Å². The van der Waals surface area contributed by atoms with Crippen molar-refractivity contribution in [3.05, 3.63) is 40.9 Å². The van der Waals surface area contributed by atoms with Gasteiger partial charge in [0.15, 0.2) is 0 Å². The summed E-state index contributed by atoms with van der Waals surface area (Å²) >= 11 is 27.6. The van der Waals surface area contributed by atoms with Crippen LogP contribution in [0.25, 0.3) is 31.9 Å². The molecule has 0 fully saturated rings. The lowest BCUT2D eigenvalue weighted by Crippen LogP contribution is -2.05. The predicted octanol–water partition coefficient (Wildman–Crippen LogP) is 22.9. The SMILES string of the molecule is CCCCCCCCCCC(CCCCCCCC)Cc1cc(-c2c(Cl)c(Cl)c(-c3cc(CC(CCCCCCCC)CCCCCCCCCC)c(Br)s3)c3nsnc23)sc1Br. The Balaban J connectivity index is 1.49. The van der Waals surface area contributed by atoms with Crippen molar-refractivity contribution in [2.45, 2.75) is 246 Å². The first-order valence-electron chi connectivity index (χ1n) is 26.0. The van der Waals surface area contributed by atoms with E-state index in [2.05, 4.69) is 71.7 Å². The maximum atomic E-state index is 7.39. The molecule has 2 atom stereocenters. The van der Waals surface area contributed by atoms with Gasteiger partial charge >= 0.3 is 0 Å². The fourth-order valence-electron chi connectivity index (χ4n) is 9.61. The largest absolute Gasteiger partial charge is 0.172 e. The van der Waals surface area contributed by atoms with Gasteiger partial charge in [0.05, 0.1) is 29.3 Å². The molecule has 0 aliphatic carbocycles. The molecule has 356 valence electrons. The Morgan fingerprint density at radius 3 is 0.984 bits per heavy atom. The topological polar surface area (TPSA) is 25.8 Å². The summed E-state index contributed by atoms with van der Waals surface area (Å²) in [4.78, 5) is 2.26. The van der Waals surface area contributed by atoms with Gasteiger partial charge in [-0.2, -0.15) is 8.75 Å². The van der Waals surface area contributed by atoms with Gasteiger partial charge in [-0.15, -0.1) is 22.7 Å². The normalized spacial score (nSPS) is 12.9. The molecule has 4 aromatic rings. The molecule has 0 radical (unpaired) electrons. The number of rotatable bonds is 38. The summed E-state index contributed by atoms with van der Waals surface area (Å²) in [5.41, 5.74) is 6.40. The van der Waals surface area contributed by atoms with Gasteiger partial charge in [0.2, 0.25) is 0 Å². The van der Waals surface area contributed by atoms with Gasteiger partial charge in [-0.3, -0.25) is 0 Å². The highest BCUT2D eigenvalue weighted by Gasteiger charge is 2.27. The summed E-state index contributed by atoms with van der Waals surface area (Å²) < 4.78 is 12.3. The Morgan fingerprint density at radius 2 is 0.698 bits per heavy atom. The number of benzene rings is 1. The van der Waals surface area contributed by atoms with Gasteiger partial charge in [-0.25, -0.2) is 0 Å². The first-order chi connectivity index (χ1) is 30.8. The van der Waals surface area contributed by atoms with E-state index in [1.807, 2.05) is 0 Å². The quantitative estimate of drug-likeness (QED) is 0.0418. The summed E-state index contributed by atoms with van der Waals surface area (Å²) in [5, 5.41) is 1.19. The van der Waals surface area contributed by atoms with Gasteiger partial charge in [0, 0.05) is 20.9 Å². The maximum Gasteiger partial charge on any atom is 0.115 e. The minimum absolute atomic E-state index is 0.594. The molecular weight excluding hydrogens is 1000 g/mol. The average Bonchev–Trinajstić information content (AvgIpc) is 4.00. The van der Waals surface area contributed by atoms with E-state index in [-0.39, 0.29) is 0 Å². The van der Waals surface area contributed by atoms with Crippen LogP contribution in [0.4, 0.5) is 0 Å². The molecule has 63 heavy (non-hydrogen) atoms. The molecule has 4 rings (SSSR count). The fraction of sp³-hybridized carbons (Fsp3) is 0.741. The van der Waals surface area contributed by atoms with Crippen LogP contribution in [0.1, 0.15) is 244 Å². The van der Waals surface area contributed by atoms with Crippen LogP contribution in [0.2, 0.25) is 10.0 Å². The highest BCUT2D eigenvalue weighted by Crippen LogP contribution is 2.51. The second kappa shape index (κ2) is 33.5. The molecule has 0 spiro atoms. The Hall–Kier alpha value is -0.0200. The summed E-state index contributed by atoms with van der Waals surface area (Å²) in [6.07, 6.45) is 45.8. The van der Waals surface area contributed by atoms with E-state index in [0.29, 0.717) is 21.9 Å². The highest BCUT2D eigenvalue weighted by atomic mass is 79.9. The van der Waals surface area contributed by atoms with Crippen LogP contribution in [0.3, 0.4) is 0 Å². The minimum Gasteiger partial charge on any atom is -0.172 e. The standard InChI is InChI=1S/C54H84Br2Cl2N2S3/c1-5-9-13-17-21-23-27-31-35-41(33-29-25-19-15-11-7-3)37-43-39-45(61-53(43)55)47-49(57)50(58)48(52-51(47)59-63-60-52)46-40-44(54(56)62-46)38-42(34-30-26-20-16-12-8-4)36-32-28-24-22-18-14-10-6-2/h39-42H,5-38H2,1-4H3. The monoisotopic (exact) mass is 1080 g/mol. The Labute approximate surface area is 425 Å². The first kappa shape index (κ1) is 55.6. The molecule has 3 heterocycles. The molecule has 9 heteroatoms. The number of fused-ring (bicyclic) bond motifs is 1. The van der Waals surface area contributed by atoms with Crippen molar-refractivity contribution in [2.24, 2.45) is 11.8 Å². The van der Waals surface area contributed by atoms with Crippen molar-refractivity contribution in [1.82, 2.24) is 8.75 Å². The average molecular weight is 1090 g/mol. The third kappa shape index (κ3) is 19.9. The molecule has 0 saturated carbocycles. The first-order valence-corrected chi connectivity index (χ1v) is 30.7. The fourth-order valence-corrected chi connectivity index (χ4v) is 14.4. The number of thiophene rings is 2. The molecule has 0 amide bonds. The summed E-state index contributed by atoms with van der Waals surface area (Å²) in [6, 6.07) is 4.76. The molecule has 2 unspecified atom stereocenters. The number of hydrogen-bond acceptors (Lipinski definition) is 5. The molecule has 0 aliphatic rings. The van der Waals surface area contributed by atoms with Crippen molar-refractivity contribution in [3.8, 4) is 20.9 Å². The second-order valence-corrected chi connectivity index (χ2v) is 25.0. The molecule has 0 bridgehead atoms.